The van der Waals surface area contributed by atoms with Gasteiger partial charge in [0.1, 0.15) is 0 Å². The van der Waals surface area contributed by atoms with Crippen LogP contribution in [0.3, 0.4) is 0 Å². The van der Waals surface area contributed by atoms with Crippen molar-refractivity contribution in [1.29, 1.82) is 0 Å². The first-order chi connectivity index (χ1) is 10.0. The molecule has 0 saturated heterocycles. The molecule has 1 atom stereocenters. The van der Waals surface area contributed by atoms with E-state index in [4.69, 9.17) is 0 Å². The van der Waals surface area contributed by atoms with E-state index >= 15 is 0 Å². The van der Waals surface area contributed by atoms with Crippen LogP contribution in [0, 0.1) is 5.41 Å². The molecule has 1 heteroatoms. The molecule has 1 N–H and O–H groups in total. The van der Waals surface area contributed by atoms with E-state index in [9.17, 15) is 0 Å². The molecule has 0 heterocycles. The fourth-order valence-electron chi connectivity index (χ4n) is 3.70. The highest BCUT2D eigenvalue weighted by molar-refractivity contribution is 5.41. The van der Waals surface area contributed by atoms with Gasteiger partial charge < -0.3 is 5.32 Å². The SMILES string of the molecule is CCCNC1CC(C)(C)CCc2cc(CC)c(CC)cc21. The predicted octanol–water partition coefficient (Wildman–Crippen LogP) is 5.21. The summed E-state index contributed by atoms with van der Waals surface area (Å²) in [5.41, 5.74) is 6.74. The molecule has 1 unspecified atom stereocenters. The van der Waals surface area contributed by atoms with E-state index in [-0.39, 0.29) is 0 Å². The highest BCUT2D eigenvalue weighted by Gasteiger charge is 2.29. The molecule has 0 saturated carbocycles. The third kappa shape index (κ3) is 3.88. The largest absolute Gasteiger partial charge is 0.310 e. The van der Waals surface area contributed by atoms with Gasteiger partial charge in [0.25, 0.3) is 0 Å². The summed E-state index contributed by atoms with van der Waals surface area (Å²) in [6, 6.07) is 5.56. The first-order valence-electron chi connectivity index (χ1n) is 8.88. The molecular weight excluding hydrogens is 254 g/mol. The van der Waals surface area contributed by atoms with Crippen LogP contribution in [0.4, 0.5) is 0 Å². The summed E-state index contributed by atoms with van der Waals surface area (Å²) in [4.78, 5) is 0. The Hall–Kier alpha value is -0.820. The van der Waals surface area contributed by atoms with Crippen molar-refractivity contribution in [3.63, 3.8) is 0 Å². The average molecular weight is 287 g/mol. The molecule has 0 aromatic heterocycles. The Bertz CT molecular complexity index is 473. The van der Waals surface area contributed by atoms with E-state index in [0.29, 0.717) is 11.5 Å². The average Bonchev–Trinajstić information content (AvgIpc) is 2.60. The van der Waals surface area contributed by atoms with Gasteiger partial charge in [-0.25, -0.2) is 0 Å². The Balaban J connectivity index is 2.42. The van der Waals surface area contributed by atoms with Gasteiger partial charge in [0.05, 0.1) is 0 Å². The normalized spacial score (nSPS) is 20.9. The van der Waals surface area contributed by atoms with E-state index in [0.717, 1.165) is 19.4 Å². The summed E-state index contributed by atoms with van der Waals surface area (Å²) in [6.45, 7) is 12.8. The number of aryl methyl sites for hydroxylation is 3. The first-order valence-corrected chi connectivity index (χ1v) is 8.88. The van der Waals surface area contributed by atoms with Gasteiger partial charge in [-0.2, -0.15) is 0 Å². The number of fused-ring (bicyclic) bond motifs is 1. The molecule has 1 nitrogen and oxygen atoms in total. The van der Waals surface area contributed by atoms with Gasteiger partial charge in [0, 0.05) is 6.04 Å². The number of nitrogens with one attached hydrogen (secondary N) is 1. The maximum absolute atomic E-state index is 3.81. The molecule has 0 radical (unpaired) electrons. The Kier molecular flexibility index (Phi) is 5.48. The molecule has 118 valence electrons. The minimum Gasteiger partial charge on any atom is -0.310 e. The third-order valence-electron chi connectivity index (χ3n) is 5.07. The van der Waals surface area contributed by atoms with Gasteiger partial charge in [0.15, 0.2) is 0 Å². The quantitative estimate of drug-likeness (QED) is 0.733. The lowest BCUT2D eigenvalue weighted by Crippen LogP contribution is -2.26. The summed E-state index contributed by atoms with van der Waals surface area (Å²) >= 11 is 0. The number of hydrogen-bond acceptors (Lipinski definition) is 1. The first kappa shape index (κ1) is 16.5. The Morgan fingerprint density at radius 3 is 2.38 bits per heavy atom. The lowest BCUT2D eigenvalue weighted by Gasteiger charge is -2.28. The number of benzene rings is 1. The minimum atomic E-state index is 0.434. The fourth-order valence-corrected chi connectivity index (χ4v) is 3.70. The summed E-state index contributed by atoms with van der Waals surface area (Å²) in [7, 11) is 0. The van der Waals surface area contributed by atoms with Gasteiger partial charge in [-0.15, -0.1) is 0 Å². The van der Waals surface area contributed by atoms with Crippen molar-refractivity contribution >= 4 is 0 Å². The minimum absolute atomic E-state index is 0.434. The van der Waals surface area contributed by atoms with Crippen LogP contribution in [0.15, 0.2) is 12.1 Å². The molecule has 21 heavy (non-hydrogen) atoms. The van der Waals surface area contributed by atoms with Crippen LogP contribution in [-0.2, 0) is 19.3 Å². The van der Waals surface area contributed by atoms with Crippen molar-refractivity contribution in [1.82, 2.24) is 5.32 Å². The van der Waals surface area contributed by atoms with Crippen LogP contribution >= 0.6 is 0 Å². The number of rotatable bonds is 5. The van der Waals surface area contributed by atoms with Crippen LogP contribution in [0.5, 0.6) is 0 Å². The summed E-state index contributed by atoms with van der Waals surface area (Å²) in [5, 5.41) is 3.81. The van der Waals surface area contributed by atoms with Gasteiger partial charge in [0.2, 0.25) is 0 Å². The molecule has 1 aromatic rings. The standard InChI is InChI=1S/C20H33N/c1-6-11-21-19-14-20(4,5)10-9-17-12-15(7-2)16(8-3)13-18(17)19/h12-13,19,21H,6-11,14H2,1-5H3. The molecule has 2 rings (SSSR count). The molecule has 0 spiro atoms. The van der Waals surface area contributed by atoms with E-state index in [1.807, 2.05) is 0 Å². The van der Waals surface area contributed by atoms with Crippen LogP contribution < -0.4 is 5.32 Å². The smallest absolute Gasteiger partial charge is 0.0328 e. The number of hydrogen-bond donors (Lipinski definition) is 1. The second-order valence-corrected chi connectivity index (χ2v) is 7.40. The topological polar surface area (TPSA) is 12.0 Å². The van der Waals surface area contributed by atoms with Crippen molar-refractivity contribution < 1.29 is 0 Å². The van der Waals surface area contributed by atoms with Crippen LogP contribution in [0.1, 0.15) is 82.2 Å². The Labute approximate surface area is 131 Å². The molecule has 1 aliphatic carbocycles. The van der Waals surface area contributed by atoms with Gasteiger partial charge in [-0.1, -0.05) is 46.8 Å². The molecule has 1 aromatic carbocycles. The highest BCUT2D eigenvalue weighted by Crippen LogP contribution is 2.40. The molecular formula is C20H33N. The Morgan fingerprint density at radius 1 is 1.10 bits per heavy atom. The van der Waals surface area contributed by atoms with Crippen LogP contribution in [0.2, 0.25) is 0 Å². The fraction of sp³-hybridized carbons (Fsp3) is 0.700. The summed E-state index contributed by atoms with van der Waals surface area (Å²) in [6.07, 6.45) is 7.32. The molecule has 0 fully saturated rings. The van der Waals surface area contributed by atoms with Crippen molar-refractivity contribution in [3.8, 4) is 0 Å². The summed E-state index contributed by atoms with van der Waals surface area (Å²) < 4.78 is 0. The molecule has 0 amide bonds. The van der Waals surface area contributed by atoms with E-state index in [1.165, 1.54) is 25.7 Å². The predicted molar refractivity (Wildman–Crippen MR) is 93.0 cm³/mol. The highest BCUT2D eigenvalue weighted by atomic mass is 14.9. The maximum Gasteiger partial charge on any atom is 0.0328 e. The van der Waals surface area contributed by atoms with E-state index < -0.39 is 0 Å². The molecule has 0 bridgehead atoms. The van der Waals surface area contributed by atoms with Gasteiger partial charge in [-0.05, 0) is 72.7 Å². The van der Waals surface area contributed by atoms with Crippen molar-refractivity contribution in [3.05, 3.63) is 34.4 Å². The molecule has 1 aliphatic rings. The van der Waals surface area contributed by atoms with Crippen LogP contribution in [-0.4, -0.2) is 6.54 Å². The molecule has 0 aliphatic heterocycles. The Morgan fingerprint density at radius 2 is 1.76 bits per heavy atom. The lowest BCUT2D eigenvalue weighted by molar-refractivity contribution is 0.273. The second-order valence-electron chi connectivity index (χ2n) is 7.40. The zero-order valence-electron chi connectivity index (χ0n) is 14.7. The van der Waals surface area contributed by atoms with Crippen molar-refractivity contribution in [2.75, 3.05) is 6.54 Å². The lowest BCUT2D eigenvalue weighted by atomic mass is 9.83. The van der Waals surface area contributed by atoms with Gasteiger partial charge in [-0.3, -0.25) is 0 Å². The monoisotopic (exact) mass is 287 g/mol. The maximum atomic E-state index is 3.81. The van der Waals surface area contributed by atoms with E-state index in [2.05, 4.69) is 52.1 Å². The zero-order valence-corrected chi connectivity index (χ0v) is 14.7. The van der Waals surface area contributed by atoms with Gasteiger partial charge >= 0.3 is 0 Å². The third-order valence-corrected chi connectivity index (χ3v) is 5.07. The second kappa shape index (κ2) is 6.96. The summed E-state index contributed by atoms with van der Waals surface area (Å²) in [5.74, 6) is 0. The zero-order chi connectivity index (χ0) is 15.5. The van der Waals surface area contributed by atoms with E-state index in [1.54, 1.807) is 22.3 Å². The van der Waals surface area contributed by atoms with Crippen molar-refractivity contribution in [2.24, 2.45) is 5.41 Å². The van der Waals surface area contributed by atoms with Crippen molar-refractivity contribution in [2.45, 2.75) is 79.2 Å². The van der Waals surface area contributed by atoms with Crippen LogP contribution in [0.25, 0.3) is 0 Å².